The highest BCUT2D eigenvalue weighted by Crippen LogP contribution is 2.41. The van der Waals surface area contributed by atoms with Gasteiger partial charge in [-0.3, -0.25) is 49.9 Å². The Hall–Kier alpha value is -16.3. The van der Waals surface area contributed by atoms with Gasteiger partial charge in [-0.25, -0.2) is 19.9 Å². The number of fused-ring (bicyclic) bond motifs is 8. The van der Waals surface area contributed by atoms with Gasteiger partial charge in [0.25, 0.3) is 0 Å². The molecule has 0 aliphatic carbocycles. The van der Waals surface area contributed by atoms with Gasteiger partial charge in [-0.2, -0.15) is 65.7 Å². The van der Waals surface area contributed by atoms with Gasteiger partial charge in [0, 0.05) is 116 Å². The fourth-order valence-electron chi connectivity index (χ4n) is 16.0. The number of hydrogen-bond donors (Lipinski definition) is 11. The fraction of sp³-hybridized carbons (Fsp3) is 0.0600. The molecule has 0 bridgehead atoms. The van der Waals surface area contributed by atoms with Crippen molar-refractivity contribution < 1.29 is 9.59 Å². The molecule has 12 N–H and O–H groups in total. The van der Waals surface area contributed by atoms with E-state index in [1.165, 1.54) is 11.1 Å². The summed E-state index contributed by atoms with van der Waals surface area (Å²) >= 11 is 6.71. The molecule has 2 amide bonds. The topological polar surface area (TPSA) is 365 Å². The highest BCUT2D eigenvalue weighted by Gasteiger charge is 2.23. The molecular weight excluding hydrogens is 1680 g/mol. The van der Waals surface area contributed by atoms with Gasteiger partial charge in [-0.15, -0.1) is 0 Å². The summed E-state index contributed by atoms with van der Waals surface area (Å²) in [5.74, 6) is 3.16. The number of H-pyrrole nitrogens is 8. The van der Waals surface area contributed by atoms with E-state index in [0.29, 0.717) is 47.5 Å². The summed E-state index contributed by atoms with van der Waals surface area (Å²) in [5, 5.41) is 57.3. The van der Waals surface area contributed by atoms with Crippen LogP contribution in [-0.2, 0) is 9.59 Å². The number of hydrogen-bond acceptors (Lipinski definition) is 19. The van der Waals surface area contributed by atoms with Gasteiger partial charge in [-0.05, 0) is 215 Å². The Morgan fingerprint density at radius 1 is 0.333 bits per heavy atom. The number of nitrogen functional groups attached to an aromatic ring is 1. The number of anilines is 3. The van der Waals surface area contributed by atoms with Crippen molar-refractivity contribution in [3.63, 3.8) is 0 Å². The highest BCUT2D eigenvalue weighted by atomic mass is 32.1. The summed E-state index contributed by atoms with van der Waals surface area (Å²) < 4.78 is 0. The highest BCUT2D eigenvalue weighted by molar-refractivity contribution is 7.09. The molecule has 29 heteroatoms. The normalized spacial score (nSPS) is 11.4. The standard InChI is InChI=1S/C28H24N6OS.C26H20N6OS.C23H16N6S.C23H15N5S/c1-16(2)10-25(35)30-20-11-19(13-29-14-20)17-6-7-23-22(12-17)27(34-33-23)28-31-24-5-3-4-21(26(24)32-28)18-8-9-36-15-18;1-2-23(33)28-18-10-17(12-27-13-18)15-6-7-21-20(11-15)25(32-31-21)26-29-22-5-3-4-19(24(22)30-26)16-8-9-34-14-16;24-16-8-15(10-25-11-16)13-4-5-19-18(9-13)22(29-28-19)23-26-20-3-1-2-17(21(20)27-23)14-6-7-30-12-14;1-4-17(16-8-10-29-13-16)21-20(5-1)25-23(26-21)22-18-11-14(6-7-19(18)27-28-22)15-3-2-9-24-12-15/h3-9,11-16H,10H2,1-2H3,(H,30,35)(H,31,32)(H,33,34);3-14H,2H2,1H3,(H,28,33)(H,29,30)(H,31,32);1-12H,24H2,(H,26,27)(H,28,29);1-13H,(H,25,26)(H,27,28). The average Bonchev–Trinajstić information content (AvgIpc) is 1.63. The maximum atomic E-state index is 12.2. The van der Waals surface area contributed by atoms with E-state index in [0.717, 1.165) is 200 Å². The number of pyridine rings is 4. The minimum atomic E-state index is -0.0433. The molecule has 0 spiro atoms. The quantitative estimate of drug-likeness (QED) is 0.0403. The second-order valence-electron chi connectivity index (χ2n) is 31.2. The van der Waals surface area contributed by atoms with E-state index in [9.17, 15) is 9.59 Å². The molecule has 8 aromatic carbocycles. The first-order chi connectivity index (χ1) is 63.4. The van der Waals surface area contributed by atoms with Crippen LogP contribution in [0.15, 0.2) is 293 Å². The Balaban J connectivity index is 0.000000105. The van der Waals surface area contributed by atoms with Crippen molar-refractivity contribution >= 4 is 162 Å². The predicted octanol–water partition coefficient (Wildman–Crippen LogP) is 24.5. The maximum absolute atomic E-state index is 12.2. The summed E-state index contributed by atoms with van der Waals surface area (Å²) in [6, 6.07) is 67.6. The third-order valence-corrected chi connectivity index (χ3v) is 25.0. The molecule has 626 valence electrons. The molecule has 0 aliphatic heterocycles. The Bertz CT molecular complexity index is 8220. The number of amides is 2. The summed E-state index contributed by atoms with van der Waals surface area (Å²) in [6.07, 6.45) is 14.9. The molecule has 0 saturated carbocycles. The number of carbonyl (C=O) groups is 2. The zero-order valence-electron chi connectivity index (χ0n) is 69.2. The molecule has 24 rings (SSSR count). The number of aromatic nitrogens is 20. The van der Waals surface area contributed by atoms with Crippen LogP contribution in [-0.4, -0.2) is 112 Å². The van der Waals surface area contributed by atoms with Crippen molar-refractivity contribution in [1.82, 2.24) is 101 Å². The lowest BCUT2D eigenvalue weighted by Crippen LogP contribution is -2.13. The number of nitrogens with one attached hydrogen (secondary N) is 10. The van der Waals surface area contributed by atoms with Crippen LogP contribution in [0.1, 0.15) is 33.6 Å². The Morgan fingerprint density at radius 2 is 0.667 bits per heavy atom. The largest absolute Gasteiger partial charge is 0.397 e. The van der Waals surface area contributed by atoms with E-state index in [-0.39, 0.29) is 11.8 Å². The zero-order valence-corrected chi connectivity index (χ0v) is 72.4. The average molecular weight is 1760 g/mol. The van der Waals surface area contributed by atoms with Crippen LogP contribution in [0.5, 0.6) is 0 Å². The first kappa shape index (κ1) is 79.8. The minimum Gasteiger partial charge on any atom is -0.397 e. The first-order valence-corrected chi connectivity index (χ1v) is 45.3. The number of nitrogens with two attached hydrogens (primary N) is 1. The van der Waals surface area contributed by atoms with Crippen LogP contribution in [0.4, 0.5) is 17.1 Å². The lowest BCUT2D eigenvalue weighted by Gasteiger charge is -2.09. The van der Waals surface area contributed by atoms with E-state index >= 15 is 0 Å². The van der Waals surface area contributed by atoms with Crippen LogP contribution in [0.3, 0.4) is 0 Å². The minimum absolute atomic E-state index is 0.0109. The van der Waals surface area contributed by atoms with E-state index < -0.39 is 0 Å². The molecule has 24 aromatic rings. The molecular formula is C100H75N23O2S4. The molecule has 0 radical (unpaired) electrons. The maximum Gasteiger partial charge on any atom is 0.224 e. The van der Waals surface area contributed by atoms with Crippen LogP contribution < -0.4 is 16.4 Å². The zero-order chi connectivity index (χ0) is 87.0. The van der Waals surface area contributed by atoms with Crippen molar-refractivity contribution in [1.29, 1.82) is 0 Å². The van der Waals surface area contributed by atoms with Crippen LogP contribution in [0.25, 0.3) is 223 Å². The number of para-hydroxylation sites is 4. The number of rotatable bonds is 17. The number of benzene rings is 8. The smallest absolute Gasteiger partial charge is 0.224 e. The molecule has 16 heterocycles. The molecule has 129 heavy (non-hydrogen) atoms. The molecule has 0 unspecified atom stereocenters. The summed E-state index contributed by atoms with van der Waals surface area (Å²) in [4.78, 5) is 74.6. The van der Waals surface area contributed by atoms with Crippen LogP contribution >= 0.6 is 45.3 Å². The number of aromatic amines is 8. The lowest BCUT2D eigenvalue weighted by molar-refractivity contribution is -0.117. The summed E-state index contributed by atoms with van der Waals surface area (Å²) in [6.45, 7) is 5.87. The van der Waals surface area contributed by atoms with E-state index in [2.05, 4.69) is 231 Å². The SMILES string of the molecule is CC(C)CC(=O)Nc1cncc(-c2ccc3[nH]nc(-c4nc5c(-c6ccsc6)cccc5[nH]4)c3c2)c1.CCC(=O)Nc1cncc(-c2ccc3[nH]nc(-c4nc5c(-c6ccsc6)cccc5[nH]4)c3c2)c1.Nc1cncc(-c2ccc3[nH]nc(-c4nc5c(-c6ccsc6)cccc5[nH]4)c3c2)c1.c1cncc(-c2ccc3[nH]nc(-c4nc5c(-c6ccsc6)cccc5[nH]4)c3c2)c1. The van der Waals surface area contributed by atoms with Gasteiger partial charge in [0.05, 0.1) is 95.7 Å². The number of carbonyl (C=O) groups excluding carboxylic acids is 2. The van der Waals surface area contributed by atoms with Crippen molar-refractivity contribution in [3.05, 3.63) is 293 Å². The molecule has 0 saturated heterocycles. The lowest BCUT2D eigenvalue weighted by atomic mass is 10.0. The predicted molar refractivity (Wildman–Crippen MR) is 522 cm³/mol. The molecule has 25 nitrogen and oxygen atoms in total. The second-order valence-corrected chi connectivity index (χ2v) is 34.4. The van der Waals surface area contributed by atoms with Gasteiger partial charge in [-0.1, -0.05) is 99.6 Å². The van der Waals surface area contributed by atoms with Gasteiger partial charge in [0.15, 0.2) is 23.3 Å². The Morgan fingerprint density at radius 3 is 0.984 bits per heavy atom. The van der Waals surface area contributed by atoms with Gasteiger partial charge in [0.2, 0.25) is 11.8 Å². The number of thiophene rings is 4. The third-order valence-electron chi connectivity index (χ3n) is 22.2. The monoisotopic (exact) mass is 1760 g/mol. The summed E-state index contributed by atoms with van der Waals surface area (Å²) in [7, 11) is 0. The van der Waals surface area contributed by atoms with Crippen molar-refractivity contribution in [2.24, 2.45) is 5.92 Å². The van der Waals surface area contributed by atoms with Gasteiger partial charge >= 0.3 is 0 Å². The van der Waals surface area contributed by atoms with E-state index in [1.54, 1.807) is 82.5 Å². The molecule has 0 aliphatic rings. The molecule has 0 fully saturated rings. The van der Waals surface area contributed by atoms with Gasteiger partial charge < -0.3 is 36.3 Å². The van der Waals surface area contributed by atoms with Crippen LogP contribution in [0.2, 0.25) is 0 Å². The number of nitrogens with zero attached hydrogens (tertiary/aromatic N) is 12. The second kappa shape index (κ2) is 34.6. The molecule has 0 atom stereocenters. The van der Waals surface area contributed by atoms with Crippen molar-refractivity contribution in [3.8, 4) is 135 Å². The first-order valence-electron chi connectivity index (χ1n) is 41.5. The Kier molecular flexibility index (Phi) is 21.4. The van der Waals surface area contributed by atoms with Crippen molar-refractivity contribution in [2.45, 2.75) is 33.6 Å². The van der Waals surface area contributed by atoms with E-state index in [1.807, 2.05) is 136 Å². The summed E-state index contributed by atoms with van der Waals surface area (Å²) in [5.41, 5.74) is 39.5. The van der Waals surface area contributed by atoms with Crippen molar-refractivity contribution in [2.75, 3.05) is 16.4 Å². The van der Waals surface area contributed by atoms with E-state index in [4.69, 9.17) is 25.7 Å². The van der Waals surface area contributed by atoms with Gasteiger partial charge in [0.1, 0.15) is 22.8 Å². The fourth-order valence-corrected chi connectivity index (χ4v) is 18.6. The third kappa shape index (κ3) is 16.2. The van der Waals surface area contributed by atoms with Crippen LogP contribution in [0, 0.1) is 5.92 Å². The Labute approximate surface area is 750 Å². The molecule has 16 aromatic heterocycles. The number of imidazole rings is 4.